The Kier molecular flexibility index (Phi) is 17.5. The monoisotopic (exact) mass is 376 g/mol. The van der Waals surface area contributed by atoms with Crippen LogP contribution in [0.15, 0.2) is 0 Å². The number of carbonyl (C=O) groups is 1. The number of carbonyl (C=O) groups excluding carboxylic acids is 1. The van der Waals surface area contributed by atoms with Crippen molar-refractivity contribution in [2.45, 2.75) is 109 Å². The van der Waals surface area contributed by atoms with Gasteiger partial charge in [0.25, 0.3) is 0 Å². The Morgan fingerprint density at radius 3 is 1.56 bits per heavy atom. The zero-order valence-electron chi connectivity index (χ0n) is 16.1. The van der Waals surface area contributed by atoms with Gasteiger partial charge >= 0.3 is 6.03 Å². The normalized spacial score (nSPS) is 12.4. The van der Waals surface area contributed by atoms with Crippen LogP contribution in [0, 0.1) is 0 Å². The number of nitrogens with two attached hydrogens (primary N) is 1. The standard InChI is InChI=1S/C19H40N2O3S/c1-2-3-4-5-6-7-8-9-10-11-12-13-14-15-16-18(17-25(23)24)21-19(20)22/h18,25H,2-17H2,1H3,(H3,20,21,22). The van der Waals surface area contributed by atoms with Gasteiger partial charge in [-0.25, -0.2) is 13.2 Å². The molecule has 0 saturated carbocycles. The molecule has 150 valence electrons. The molecule has 0 radical (unpaired) electrons. The Hall–Kier alpha value is -0.780. The second kappa shape index (κ2) is 18.0. The summed E-state index contributed by atoms with van der Waals surface area (Å²) in [6.07, 6.45) is 18.8. The third kappa shape index (κ3) is 19.4. The number of rotatable bonds is 18. The molecular weight excluding hydrogens is 336 g/mol. The first-order valence-electron chi connectivity index (χ1n) is 10.2. The van der Waals surface area contributed by atoms with Crippen LogP contribution in [0.1, 0.15) is 103 Å². The molecule has 6 heteroatoms. The minimum absolute atomic E-state index is 0.0171. The maximum Gasteiger partial charge on any atom is 0.312 e. The van der Waals surface area contributed by atoms with Crippen LogP contribution >= 0.6 is 0 Å². The van der Waals surface area contributed by atoms with Crippen molar-refractivity contribution < 1.29 is 13.2 Å². The summed E-state index contributed by atoms with van der Waals surface area (Å²) in [5.74, 6) is -0.0171. The molecule has 0 fully saturated rings. The minimum atomic E-state index is -2.48. The zero-order chi connectivity index (χ0) is 18.8. The Labute approximate surface area is 156 Å². The lowest BCUT2D eigenvalue weighted by atomic mass is 10.0. The lowest BCUT2D eigenvalue weighted by Crippen LogP contribution is -2.41. The fraction of sp³-hybridized carbons (Fsp3) is 0.947. The summed E-state index contributed by atoms with van der Waals surface area (Å²) in [5.41, 5.74) is 5.07. The van der Waals surface area contributed by atoms with E-state index in [9.17, 15) is 13.2 Å². The van der Waals surface area contributed by atoms with E-state index in [-0.39, 0.29) is 11.8 Å². The second-order valence-corrected chi connectivity index (χ2v) is 8.14. The highest BCUT2D eigenvalue weighted by molar-refractivity contribution is 7.72. The van der Waals surface area contributed by atoms with Crippen molar-refractivity contribution in [1.82, 2.24) is 5.32 Å². The summed E-state index contributed by atoms with van der Waals surface area (Å²) < 4.78 is 21.6. The highest BCUT2D eigenvalue weighted by atomic mass is 32.2. The van der Waals surface area contributed by atoms with Crippen molar-refractivity contribution in [3.8, 4) is 0 Å². The highest BCUT2D eigenvalue weighted by Crippen LogP contribution is 2.13. The summed E-state index contributed by atoms with van der Waals surface area (Å²) >= 11 is 0. The largest absolute Gasteiger partial charge is 0.352 e. The maximum absolute atomic E-state index is 10.9. The average Bonchev–Trinajstić information content (AvgIpc) is 2.54. The fourth-order valence-electron chi connectivity index (χ4n) is 3.18. The molecule has 0 aromatic rings. The summed E-state index contributed by atoms with van der Waals surface area (Å²) in [4.78, 5) is 10.9. The van der Waals surface area contributed by atoms with Crippen molar-refractivity contribution in [1.29, 1.82) is 0 Å². The third-order valence-electron chi connectivity index (χ3n) is 4.62. The van der Waals surface area contributed by atoms with E-state index >= 15 is 0 Å². The molecule has 5 nitrogen and oxygen atoms in total. The summed E-state index contributed by atoms with van der Waals surface area (Å²) in [7, 11) is -2.48. The smallest absolute Gasteiger partial charge is 0.312 e. The average molecular weight is 377 g/mol. The van der Waals surface area contributed by atoms with E-state index in [2.05, 4.69) is 12.2 Å². The molecule has 0 saturated heterocycles. The topological polar surface area (TPSA) is 89.3 Å². The van der Waals surface area contributed by atoms with E-state index < -0.39 is 16.7 Å². The SMILES string of the molecule is CCCCCCCCCCCCCCCCC(C[SH](=O)=O)NC(N)=O. The molecule has 0 aromatic carbocycles. The molecule has 2 amide bonds. The van der Waals surface area contributed by atoms with Gasteiger partial charge in [-0.15, -0.1) is 0 Å². The Morgan fingerprint density at radius 2 is 1.20 bits per heavy atom. The Bertz CT molecular complexity index is 379. The first-order chi connectivity index (χ1) is 12.1. The van der Waals surface area contributed by atoms with Crippen LogP contribution < -0.4 is 11.1 Å². The number of nitrogens with one attached hydrogen (secondary N) is 1. The van der Waals surface area contributed by atoms with Gasteiger partial charge in [0.05, 0.1) is 5.75 Å². The van der Waals surface area contributed by atoms with Gasteiger partial charge in [0.1, 0.15) is 10.7 Å². The lowest BCUT2D eigenvalue weighted by Gasteiger charge is -2.14. The summed E-state index contributed by atoms with van der Waals surface area (Å²) in [6.45, 7) is 2.26. The number of thiol groups is 1. The van der Waals surface area contributed by atoms with Gasteiger partial charge in [0, 0.05) is 6.04 Å². The molecule has 0 heterocycles. The van der Waals surface area contributed by atoms with Gasteiger partial charge in [0.15, 0.2) is 0 Å². The van der Waals surface area contributed by atoms with Crippen LogP contribution in [0.25, 0.3) is 0 Å². The first-order valence-corrected chi connectivity index (χ1v) is 11.6. The number of hydrogen-bond donors (Lipinski definition) is 3. The Balaban J connectivity index is 3.37. The van der Waals surface area contributed by atoms with E-state index in [0.717, 1.165) is 12.8 Å². The molecule has 0 spiro atoms. The third-order valence-corrected chi connectivity index (χ3v) is 5.36. The van der Waals surface area contributed by atoms with E-state index in [4.69, 9.17) is 5.73 Å². The van der Waals surface area contributed by atoms with Crippen molar-refractivity contribution >= 4 is 16.7 Å². The molecule has 0 aliphatic rings. The van der Waals surface area contributed by atoms with Gasteiger partial charge < -0.3 is 11.1 Å². The van der Waals surface area contributed by atoms with Crippen molar-refractivity contribution in [3.05, 3.63) is 0 Å². The van der Waals surface area contributed by atoms with E-state index in [1.54, 1.807) is 0 Å². The molecule has 3 N–H and O–H groups in total. The van der Waals surface area contributed by atoms with Crippen molar-refractivity contribution in [2.24, 2.45) is 5.73 Å². The van der Waals surface area contributed by atoms with E-state index in [1.807, 2.05) is 0 Å². The van der Waals surface area contributed by atoms with Gasteiger partial charge in [-0.1, -0.05) is 96.8 Å². The first kappa shape index (κ1) is 24.2. The molecule has 1 atom stereocenters. The number of unbranched alkanes of at least 4 members (excludes halogenated alkanes) is 13. The molecule has 0 aliphatic carbocycles. The van der Waals surface area contributed by atoms with Crippen LogP contribution in [0.5, 0.6) is 0 Å². The molecule has 0 bridgehead atoms. The van der Waals surface area contributed by atoms with Crippen LogP contribution in [0.4, 0.5) is 4.79 Å². The van der Waals surface area contributed by atoms with Crippen molar-refractivity contribution in [3.63, 3.8) is 0 Å². The molecule has 25 heavy (non-hydrogen) atoms. The summed E-state index contributed by atoms with van der Waals surface area (Å²) in [6, 6.07) is -0.983. The van der Waals surface area contributed by atoms with Gasteiger partial charge in [-0.05, 0) is 6.42 Å². The maximum atomic E-state index is 10.9. The number of amides is 2. The highest BCUT2D eigenvalue weighted by Gasteiger charge is 2.11. The predicted octanol–water partition coefficient (Wildman–Crippen LogP) is 4.51. The Morgan fingerprint density at radius 1 is 0.800 bits per heavy atom. The minimum Gasteiger partial charge on any atom is -0.352 e. The fourth-order valence-corrected chi connectivity index (χ4v) is 3.81. The van der Waals surface area contributed by atoms with Crippen LogP contribution in [0.2, 0.25) is 0 Å². The zero-order valence-corrected chi connectivity index (χ0v) is 17.0. The van der Waals surface area contributed by atoms with Crippen LogP contribution in [-0.2, 0) is 10.7 Å². The lowest BCUT2D eigenvalue weighted by molar-refractivity contribution is 0.245. The molecule has 0 aliphatic heterocycles. The quantitative estimate of drug-likeness (QED) is 0.243. The molecule has 1 unspecified atom stereocenters. The molecule has 0 rings (SSSR count). The predicted molar refractivity (Wildman–Crippen MR) is 107 cm³/mol. The van der Waals surface area contributed by atoms with Gasteiger partial charge in [0.2, 0.25) is 0 Å². The van der Waals surface area contributed by atoms with Crippen molar-refractivity contribution in [2.75, 3.05) is 5.75 Å². The number of primary amides is 1. The van der Waals surface area contributed by atoms with E-state index in [1.165, 1.54) is 77.0 Å². The second-order valence-electron chi connectivity index (χ2n) is 7.11. The van der Waals surface area contributed by atoms with Crippen LogP contribution in [-0.4, -0.2) is 26.2 Å². The summed E-state index contributed by atoms with van der Waals surface area (Å²) in [5, 5.41) is 2.51. The molecular formula is C19H40N2O3S. The van der Waals surface area contributed by atoms with Gasteiger partial charge in [-0.3, -0.25) is 0 Å². The van der Waals surface area contributed by atoms with Gasteiger partial charge in [-0.2, -0.15) is 0 Å². The van der Waals surface area contributed by atoms with Crippen LogP contribution in [0.3, 0.4) is 0 Å². The number of hydrogen-bond acceptors (Lipinski definition) is 3. The van der Waals surface area contributed by atoms with E-state index in [0.29, 0.717) is 6.42 Å². The number of urea groups is 1. The molecule has 0 aromatic heterocycles.